The second kappa shape index (κ2) is 8.23. The maximum absolute atomic E-state index is 13.1. The van der Waals surface area contributed by atoms with Crippen LogP contribution >= 0.6 is 0 Å². The molecule has 0 radical (unpaired) electrons. The van der Waals surface area contributed by atoms with Gasteiger partial charge < -0.3 is 9.80 Å². The van der Waals surface area contributed by atoms with Crippen LogP contribution in [0.1, 0.15) is 29.2 Å². The molecule has 0 spiro atoms. The predicted molar refractivity (Wildman–Crippen MR) is 123 cm³/mol. The highest BCUT2D eigenvalue weighted by atomic mass is 16.2. The van der Waals surface area contributed by atoms with E-state index in [0.717, 1.165) is 11.2 Å². The minimum absolute atomic E-state index is 0.0184. The zero-order chi connectivity index (χ0) is 23.1. The standard InChI is InChI=1S/C24H25N5O4/c1-26-21-17(27-12-14-28(15-13-27)23(32)16-6-3-2-4-7-16)8-5-9-18(21)29(24(26)33)19-10-11-20(30)25-22(19)31/h2-9,19H,10-15H2,1H3,(H,25,30,31). The van der Waals surface area contributed by atoms with Crippen molar-refractivity contribution < 1.29 is 14.4 Å². The van der Waals surface area contributed by atoms with Crippen molar-refractivity contribution in [3.8, 4) is 0 Å². The van der Waals surface area contributed by atoms with Gasteiger partial charge in [-0.2, -0.15) is 0 Å². The molecule has 2 aliphatic rings. The molecule has 33 heavy (non-hydrogen) atoms. The van der Waals surface area contributed by atoms with Gasteiger partial charge in [-0.3, -0.25) is 28.8 Å². The number of imide groups is 1. The molecule has 3 heterocycles. The van der Waals surface area contributed by atoms with Gasteiger partial charge in [0.2, 0.25) is 11.8 Å². The third-order valence-electron chi connectivity index (χ3n) is 6.53. The zero-order valence-electron chi connectivity index (χ0n) is 18.4. The largest absolute Gasteiger partial charge is 0.366 e. The summed E-state index contributed by atoms with van der Waals surface area (Å²) in [6.07, 6.45) is 0.504. The normalized spacial score (nSPS) is 19.1. The molecule has 1 unspecified atom stereocenters. The van der Waals surface area contributed by atoms with Crippen LogP contribution in [-0.4, -0.2) is 57.9 Å². The number of nitrogens with one attached hydrogen (secondary N) is 1. The quantitative estimate of drug-likeness (QED) is 0.610. The molecule has 2 saturated heterocycles. The summed E-state index contributed by atoms with van der Waals surface area (Å²) >= 11 is 0. The van der Waals surface area contributed by atoms with Crippen molar-refractivity contribution >= 4 is 34.4 Å². The predicted octanol–water partition coefficient (Wildman–Crippen LogP) is 1.28. The first-order chi connectivity index (χ1) is 16.0. The topological polar surface area (TPSA) is 96.6 Å². The summed E-state index contributed by atoms with van der Waals surface area (Å²) in [5, 5.41) is 2.34. The molecule has 3 aromatic rings. The first-order valence-corrected chi connectivity index (χ1v) is 11.1. The Morgan fingerprint density at radius 1 is 0.939 bits per heavy atom. The number of amides is 3. The monoisotopic (exact) mass is 447 g/mol. The van der Waals surface area contributed by atoms with Crippen molar-refractivity contribution in [1.82, 2.24) is 19.4 Å². The third-order valence-corrected chi connectivity index (χ3v) is 6.53. The molecular formula is C24H25N5O4. The summed E-state index contributed by atoms with van der Waals surface area (Å²) in [4.78, 5) is 54.0. The van der Waals surface area contributed by atoms with Crippen molar-refractivity contribution in [1.29, 1.82) is 0 Å². The highest BCUT2D eigenvalue weighted by molar-refractivity contribution is 6.00. The molecule has 9 nitrogen and oxygen atoms in total. The second-order valence-corrected chi connectivity index (χ2v) is 8.47. The van der Waals surface area contributed by atoms with Crippen molar-refractivity contribution in [2.24, 2.45) is 7.05 Å². The molecule has 2 fully saturated rings. The number of benzene rings is 2. The molecule has 0 bridgehead atoms. The number of aryl methyl sites for hydroxylation is 1. The third kappa shape index (κ3) is 3.59. The van der Waals surface area contributed by atoms with E-state index in [1.165, 1.54) is 4.57 Å². The molecule has 2 aromatic carbocycles. The fourth-order valence-corrected chi connectivity index (χ4v) is 4.82. The fourth-order valence-electron chi connectivity index (χ4n) is 4.82. The van der Waals surface area contributed by atoms with Gasteiger partial charge in [-0.15, -0.1) is 0 Å². The van der Waals surface area contributed by atoms with Gasteiger partial charge in [-0.1, -0.05) is 24.3 Å². The van der Waals surface area contributed by atoms with E-state index in [0.29, 0.717) is 43.7 Å². The van der Waals surface area contributed by atoms with Gasteiger partial charge in [0, 0.05) is 45.2 Å². The molecule has 0 aliphatic carbocycles. The SMILES string of the molecule is Cn1c(=O)n(C2CCC(=O)NC2=O)c2cccc(N3CCN(C(=O)c4ccccc4)CC3)c21. The van der Waals surface area contributed by atoms with Crippen LogP contribution in [0.5, 0.6) is 0 Å². The molecule has 9 heteroatoms. The van der Waals surface area contributed by atoms with Crippen LogP contribution in [0.15, 0.2) is 53.3 Å². The van der Waals surface area contributed by atoms with Gasteiger partial charge in [-0.05, 0) is 30.7 Å². The molecule has 5 rings (SSSR count). The van der Waals surface area contributed by atoms with E-state index in [4.69, 9.17) is 0 Å². The Bertz CT molecular complexity index is 1300. The summed E-state index contributed by atoms with van der Waals surface area (Å²) < 4.78 is 3.06. The highest BCUT2D eigenvalue weighted by Crippen LogP contribution is 2.30. The number of piperidine rings is 1. The van der Waals surface area contributed by atoms with Crippen LogP contribution in [0.2, 0.25) is 0 Å². The van der Waals surface area contributed by atoms with E-state index in [1.54, 1.807) is 11.6 Å². The highest BCUT2D eigenvalue weighted by Gasteiger charge is 2.32. The number of rotatable bonds is 3. The zero-order valence-corrected chi connectivity index (χ0v) is 18.4. The number of hydrogen-bond donors (Lipinski definition) is 1. The molecule has 1 aromatic heterocycles. The Kier molecular flexibility index (Phi) is 5.24. The van der Waals surface area contributed by atoms with E-state index in [9.17, 15) is 19.2 Å². The number of imidazole rings is 1. The lowest BCUT2D eigenvalue weighted by molar-refractivity contribution is -0.135. The second-order valence-electron chi connectivity index (χ2n) is 8.47. The van der Waals surface area contributed by atoms with Crippen LogP contribution in [0.3, 0.4) is 0 Å². The van der Waals surface area contributed by atoms with Gasteiger partial charge in [0.05, 0.1) is 16.7 Å². The number of hydrogen-bond acceptors (Lipinski definition) is 5. The lowest BCUT2D eigenvalue weighted by atomic mass is 10.1. The van der Waals surface area contributed by atoms with Crippen molar-refractivity contribution in [2.45, 2.75) is 18.9 Å². The van der Waals surface area contributed by atoms with E-state index >= 15 is 0 Å². The van der Waals surface area contributed by atoms with E-state index in [2.05, 4.69) is 10.2 Å². The molecule has 2 aliphatic heterocycles. The van der Waals surface area contributed by atoms with Gasteiger partial charge in [-0.25, -0.2) is 4.79 Å². The van der Waals surface area contributed by atoms with Crippen LogP contribution in [0.4, 0.5) is 5.69 Å². The smallest absolute Gasteiger partial charge is 0.329 e. The average Bonchev–Trinajstić information content (AvgIpc) is 3.09. The molecule has 0 saturated carbocycles. The number of carbonyl (C=O) groups excluding carboxylic acids is 3. The summed E-state index contributed by atoms with van der Waals surface area (Å²) in [7, 11) is 1.70. The lowest BCUT2D eigenvalue weighted by Crippen LogP contribution is -2.48. The minimum atomic E-state index is -0.713. The Hall–Kier alpha value is -3.88. The number of fused-ring (bicyclic) bond motifs is 1. The molecule has 1 N–H and O–H groups in total. The number of anilines is 1. The van der Waals surface area contributed by atoms with Crippen molar-refractivity contribution in [3.63, 3.8) is 0 Å². The Morgan fingerprint density at radius 3 is 2.36 bits per heavy atom. The Balaban J connectivity index is 1.43. The summed E-state index contributed by atoms with van der Waals surface area (Å²) in [5.41, 5.74) is 2.69. The van der Waals surface area contributed by atoms with Crippen LogP contribution in [-0.2, 0) is 16.6 Å². The fraction of sp³-hybridized carbons (Fsp3) is 0.333. The lowest BCUT2D eigenvalue weighted by Gasteiger charge is -2.36. The van der Waals surface area contributed by atoms with Gasteiger partial charge in [0.15, 0.2) is 0 Å². The van der Waals surface area contributed by atoms with Crippen LogP contribution < -0.4 is 15.9 Å². The summed E-state index contributed by atoms with van der Waals surface area (Å²) in [5.74, 6) is -0.739. The van der Waals surface area contributed by atoms with E-state index < -0.39 is 11.9 Å². The maximum Gasteiger partial charge on any atom is 0.329 e. The Morgan fingerprint density at radius 2 is 1.67 bits per heavy atom. The van der Waals surface area contributed by atoms with Crippen LogP contribution in [0, 0.1) is 0 Å². The molecular weight excluding hydrogens is 422 g/mol. The first-order valence-electron chi connectivity index (χ1n) is 11.1. The molecule has 1 atom stereocenters. The number of para-hydroxylation sites is 1. The maximum atomic E-state index is 13.1. The van der Waals surface area contributed by atoms with Crippen molar-refractivity contribution in [2.75, 3.05) is 31.1 Å². The summed E-state index contributed by atoms with van der Waals surface area (Å²) in [6.45, 7) is 2.42. The number of carbonyl (C=O) groups is 3. The van der Waals surface area contributed by atoms with Gasteiger partial charge >= 0.3 is 5.69 Å². The average molecular weight is 447 g/mol. The molecule has 3 amide bonds. The van der Waals surface area contributed by atoms with Gasteiger partial charge in [0.1, 0.15) is 6.04 Å². The Labute approximate surface area is 190 Å². The summed E-state index contributed by atoms with van der Waals surface area (Å²) in [6, 6.07) is 14.2. The van der Waals surface area contributed by atoms with E-state index in [1.807, 2.05) is 53.4 Å². The number of aromatic nitrogens is 2. The molecule has 170 valence electrons. The first kappa shape index (κ1) is 21.0. The van der Waals surface area contributed by atoms with Crippen molar-refractivity contribution in [3.05, 3.63) is 64.6 Å². The minimum Gasteiger partial charge on any atom is -0.366 e. The van der Waals surface area contributed by atoms with Gasteiger partial charge in [0.25, 0.3) is 5.91 Å². The number of piperazine rings is 1. The van der Waals surface area contributed by atoms with E-state index in [-0.39, 0.29) is 23.9 Å². The number of nitrogens with zero attached hydrogens (tertiary/aromatic N) is 4. The van der Waals surface area contributed by atoms with Crippen LogP contribution in [0.25, 0.3) is 11.0 Å².